The fourth-order valence-corrected chi connectivity index (χ4v) is 0.807. The number of esters is 1. The third-order valence-corrected chi connectivity index (χ3v) is 1.61. The molecule has 6 heteroatoms. The second kappa shape index (κ2) is 6.67. The van der Waals surface area contributed by atoms with Crippen molar-refractivity contribution in [3.63, 3.8) is 0 Å². The van der Waals surface area contributed by atoms with Crippen molar-refractivity contribution in [2.75, 3.05) is 7.11 Å². The number of aldehydes is 1. The molecule has 0 bridgehead atoms. The molecule has 0 aliphatic heterocycles. The monoisotopic (exact) mass is 248 g/mol. The predicted octanol–water partition coefficient (Wildman–Crippen LogP) is 2.53. The number of rotatable bonds is 1. The van der Waals surface area contributed by atoms with Gasteiger partial charge in [0.2, 0.25) is 6.29 Å². The molecule has 0 unspecified atom stereocenters. The van der Waals surface area contributed by atoms with Gasteiger partial charge in [0.25, 0.3) is 0 Å². The van der Waals surface area contributed by atoms with Crippen molar-refractivity contribution in [1.29, 1.82) is 0 Å². The summed E-state index contributed by atoms with van der Waals surface area (Å²) >= 11 is 0. The largest absolute Gasteiger partial charge is 0.465 e. The Labute approximate surface area is 96.2 Å². The van der Waals surface area contributed by atoms with E-state index in [0.29, 0.717) is 5.56 Å². The van der Waals surface area contributed by atoms with E-state index in [0.717, 1.165) is 5.56 Å². The van der Waals surface area contributed by atoms with Crippen molar-refractivity contribution in [3.8, 4) is 0 Å². The minimum atomic E-state index is -4.64. The number of methoxy groups -OCH3 is 1. The van der Waals surface area contributed by atoms with E-state index < -0.39 is 12.5 Å². The predicted molar refractivity (Wildman–Crippen MR) is 54.6 cm³/mol. The summed E-state index contributed by atoms with van der Waals surface area (Å²) in [4.78, 5) is 19.6. The molecular formula is C11H11F3O3. The van der Waals surface area contributed by atoms with Crippen LogP contribution in [-0.2, 0) is 9.53 Å². The number of carbonyl (C=O) groups excluding carboxylic acids is 2. The van der Waals surface area contributed by atoms with Crippen molar-refractivity contribution >= 4 is 12.3 Å². The maximum absolute atomic E-state index is 10.9. The van der Waals surface area contributed by atoms with Crippen molar-refractivity contribution in [3.05, 3.63) is 35.4 Å². The van der Waals surface area contributed by atoms with Gasteiger partial charge in [-0.2, -0.15) is 13.2 Å². The first-order valence-corrected chi connectivity index (χ1v) is 4.48. The molecular weight excluding hydrogens is 237 g/mol. The quantitative estimate of drug-likeness (QED) is 0.566. The van der Waals surface area contributed by atoms with Crippen LogP contribution in [0.5, 0.6) is 0 Å². The average molecular weight is 248 g/mol. The number of aryl methyl sites for hydroxylation is 1. The number of alkyl halides is 3. The third-order valence-electron chi connectivity index (χ3n) is 1.61. The van der Waals surface area contributed by atoms with Crippen LogP contribution in [0, 0.1) is 6.92 Å². The first-order chi connectivity index (χ1) is 7.80. The maximum atomic E-state index is 10.9. The highest BCUT2D eigenvalue weighted by atomic mass is 19.4. The topological polar surface area (TPSA) is 43.4 Å². The molecule has 0 saturated heterocycles. The molecule has 0 heterocycles. The molecule has 0 aromatic heterocycles. The van der Waals surface area contributed by atoms with Gasteiger partial charge in [0.1, 0.15) is 0 Å². The summed E-state index contributed by atoms with van der Waals surface area (Å²) in [7, 11) is 1.38. The van der Waals surface area contributed by atoms with Gasteiger partial charge in [0, 0.05) is 0 Å². The van der Waals surface area contributed by atoms with Crippen LogP contribution in [0.15, 0.2) is 24.3 Å². The van der Waals surface area contributed by atoms with Crippen LogP contribution in [-0.4, -0.2) is 25.5 Å². The average Bonchev–Trinajstić information content (AvgIpc) is 2.29. The molecule has 94 valence electrons. The molecule has 0 N–H and O–H groups in total. The highest BCUT2D eigenvalue weighted by Crippen LogP contribution is 2.08. The van der Waals surface area contributed by atoms with E-state index in [9.17, 15) is 18.0 Å². The molecule has 1 rings (SSSR count). The fourth-order valence-electron chi connectivity index (χ4n) is 0.807. The number of hydrogen-bond donors (Lipinski definition) is 0. The molecule has 3 nitrogen and oxygen atoms in total. The molecule has 17 heavy (non-hydrogen) atoms. The van der Waals surface area contributed by atoms with Gasteiger partial charge < -0.3 is 4.74 Å². The smallest absolute Gasteiger partial charge is 0.446 e. The summed E-state index contributed by atoms with van der Waals surface area (Å²) in [6.07, 6.45) is -5.70. The van der Waals surface area contributed by atoms with Gasteiger partial charge in [-0.05, 0) is 19.1 Å². The van der Waals surface area contributed by atoms with E-state index >= 15 is 0 Å². The van der Waals surface area contributed by atoms with E-state index in [1.807, 2.05) is 19.1 Å². The molecule has 1 aromatic rings. The van der Waals surface area contributed by atoms with Gasteiger partial charge >= 0.3 is 12.1 Å². The molecule has 1 aromatic carbocycles. The Bertz CT molecular complexity index is 369. The van der Waals surface area contributed by atoms with Gasteiger partial charge in [-0.1, -0.05) is 17.7 Å². The first-order valence-electron chi connectivity index (χ1n) is 4.48. The lowest BCUT2D eigenvalue weighted by Gasteiger charge is -1.97. The van der Waals surface area contributed by atoms with Crippen LogP contribution in [0.25, 0.3) is 0 Å². The highest BCUT2D eigenvalue weighted by molar-refractivity contribution is 5.89. The second-order valence-corrected chi connectivity index (χ2v) is 3.02. The van der Waals surface area contributed by atoms with E-state index in [1.165, 1.54) is 7.11 Å². The van der Waals surface area contributed by atoms with Crippen LogP contribution >= 0.6 is 0 Å². The van der Waals surface area contributed by atoms with E-state index in [-0.39, 0.29) is 5.97 Å². The number of ether oxygens (including phenoxy) is 1. The van der Waals surface area contributed by atoms with Crippen LogP contribution < -0.4 is 0 Å². The Hall–Kier alpha value is -1.85. The number of hydrogen-bond acceptors (Lipinski definition) is 3. The third kappa shape index (κ3) is 7.10. The van der Waals surface area contributed by atoms with Crippen molar-refractivity contribution < 1.29 is 27.5 Å². The molecule has 0 saturated carbocycles. The molecule has 0 aliphatic carbocycles. The normalized spacial score (nSPS) is 9.94. The van der Waals surface area contributed by atoms with Gasteiger partial charge in [-0.3, -0.25) is 4.79 Å². The van der Waals surface area contributed by atoms with Crippen LogP contribution in [0.3, 0.4) is 0 Å². The number of benzene rings is 1. The Morgan fingerprint density at radius 2 is 1.65 bits per heavy atom. The fraction of sp³-hybridized carbons (Fsp3) is 0.273. The number of carbonyl (C=O) groups is 2. The van der Waals surface area contributed by atoms with Crippen molar-refractivity contribution in [2.45, 2.75) is 13.1 Å². The maximum Gasteiger partial charge on any atom is 0.446 e. The Morgan fingerprint density at radius 3 is 1.94 bits per heavy atom. The molecule has 0 radical (unpaired) electrons. The lowest BCUT2D eigenvalue weighted by molar-refractivity contribution is -0.156. The molecule has 0 atom stereocenters. The van der Waals surface area contributed by atoms with Crippen molar-refractivity contribution in [1.82, 2.24) is 0 Å². The molecule has 0 spiro atoms. The van der Waals surface area contributed by atoms with Crippen molar-refractivity contribution in [2.24, 2.45) is 0 Å². The van der Waals surface area contributed by atoms with Crippen LogP contribution in [0.4, 0.5) is 13.2 Å². The standard InChI is InChI=1S/C9H10O2.C2HF3O/c1-7-3-5-8(6-4-7)9(10)11-2;3-2(4,5)1-6/h3-6H,1-2H3;1H. The summed E-state index contributed by atoms with van der Waals surface area (Å²) in [6, 6.07) is 7.26. The SMILES string of the molecule is COC(=O)c1ccc(C)cc1.O=CC(F)(F)F. The van der Waals surface area contributed by atoms with E-state index in [1.54, 1.807) is 12.1 Å². The summed E-state index contributed by atoms with van der Waals surface area (Å²) in [6.45, 7) is 1.97. The zero-order valence-corrected chi connectivity index (χ0v) is 9.25. The Morgan fingerprint density at radius 1 is 1.24 bits per heavy atom. The van der Waals surface area contributed by atoms with Gasteiger partial charge in [0.15, 0.2) is 0 Å². The lowest BCUT2D eigenvalue weighted by Crippen LogP contribution is -2.07. The minimum Gasteiger partial charge on any atom is -0.465 e. The van der Waals surface area contributed by atoms with Gasteiger partial charge in [0.05, 0.1) is 12.7 Å². The highest BCUT2D eigenvalue weighted by Gasteiger charge is 2.24. The van der Waals surface area contributed by atoms with E-state index in [2.05, 4.69) is 4.74 Å². The molecule has 0 fully saturated rings. The van der Waals surface area contributed by atoms with Gasteiger partial charge in [-0.15, -0.1) is 0 Å². The molecule has 0 amide bonds. The summed E-state index contributed by atoms with van der Waals surface area (Å²) in [5, 5.41) is 0. The van der Waals surface area contributed by atoms with Crippen LogP contribution in [0.1, 0.15) is 15.9 Å². The van der Waals surface area contributed by atoms with Crippen LogP contribution in [0.2, 0.25) is 0 Å². The summed E-state index contributed by atoms with van der Waals surface area (Å²) in [5.41, 5.74) is 1.73. The zero-order valence-electron chi connectivity index (χ0n) is 9.25. The number of halogens is 3. The Kier molecular flexibility index (Phi) is 5.95. The zero-order chi connectivity index (χ0) is 13.5. The van der Waals surface area contributed by atoms with Gasteiger partial charge in [-0.25, -0.2) is 4.79 Å². The summed E-state index contributed by atoms with van der Waals surface area (Å²) < 4.78 is 35.8. The summed E-state index contributed by atoms with van der Waals surface area (Å²) in [5.74, 6) is -0.287. The first kappa shape index (κ1) is 15.2. The lowest BCUT2D eigenvalue weighted by atomic mass is 10.2. The second-order valence-electron chi connectivity index (χ2n) is 3.02. The Balaban J connectivity index is 0.000000366. The van der Waals surface area contributed by atoms with E-state index in [4.69, 9.17) is 4.79 Å². The minimum absolute atomic E-state index is 0.287. The molecule has 0 aliphatic rings.